The van der Waals surface area contributed by atoms with Gasteiger partial charge in [-0.05, 0) is 6.92 Å². The van der Waals surface area contributed by atoms with Gasteiger partial charge in [0.05, 0.1) is 0 Å². The average molecular weight is 274 g/mol. The topological polar surface area (TPSA) is 95.7 Å². The van der Waals surface area contributed by atoms with Crippen molar-refractivity contribution in [2.45, 2.75) is 13.0 Å². The Balaban J connectivity index is 2.16. The molecule has 0 saturated carbocycles. The van der Waals surface area contributed by atoms with E-state index < -0.39 is 16.3 Å². The quantitative estimate of drug-likeness (QED) is 0.796. The molecule has 0 bridgehead atoms. The third-order valence-electron chi connectivity index (χ3n) is 2.91. The maximum absolute atomic E-state index is 12.2. The summed E-state index contributed by atoms with van der Waals surface area (Å²) in [6, 6.07) is -0.366. The van der Waals surface area contributed by atoms with Crippen LogP contribution in [0.25, 0.3) is 0 Å². The lowest BCUT2D eigenvalue weighted by Gasteiger charge is -2.37. The predicted molar refractivity (Wildman–Crippen MR) is 62.3 cm³/mol. The SMILES string of the molecule is CC1CN(S(=O)(=O)n2ccnc2)CCN1C(=O)O. The number of aromatic nitrogens is 2. The lowest BCUT2D eigenvalue weighted by atomic mass is 10.2. The second-order valence-electron chi connectivity index (χ2n) is 4.08. The molecule has 0 spiro atoms. The van der Waals surface area contributed by atoms with Crippen molar-refractivity contribution in [1.82, 2.24) is 18.2 Å². The zero-order valence-corrected chi connectivity index (χ0v) is 10.6. The number of amides is 1. The number of imidazole rings is 1. The summed E-state index contributed by atoms with van der Waals surface area (Å²) in [4.78, 5) is 15.8. The molecule has 2 rings (SSSR count). The molecule has 8 nitrogen and oxygen atoms in total. The van der Waals surface area contributed by atoms with E-state index in [2.05, 4.69) is 4.98 Å². The van der Waals surface area contributed by atoms with E-state index in [0.29, 0.717) is 0 Å². The second kappa shape index (κ2) is 4.58. The molecular weight excluding hydrogens is 260 g/mol. The molecule has 2 heterocycles. The normalized spacial score (nSPS) is 22.1. The lowest BCUT2D eigenvalue weighted by molar-refractivity contribution is 0.0989. The van der Waals surface area contributed by atoms with Crippen molar-refractivity contribution >= 4 is 16.3 Å². The maximum atomic E-state index is 12.2. The van der Waals surface area contributed by atoms with Crippen LogP contribution >= 0.6 is 0 Å². The van der Waals surface area contributed by atoms with Gasteiger partial charge in [0.1, 0.15) is 6.33 Å². The highest BCUT2D eigenvalue weighted by Gasteiger charge is 2.33. The van der Waals surface area contributed by atoms with Gasteiger partial charge in [-0.1, -0.05) is 0 Å². The predicted octanol–water partition coefficient (Wildman–Crippen LogP) is -0.340. The summed E-state index contributed by atoms with van der Waals surface area (Å²) in [5, 5.41) is 8.92. The molecule has 0 radical (unpaired) electrons. The summed E-state index contributed by atoms with van der Waals surface area (Å²) < 4.78 is 26.6. The largest absolute Gasteiger partial charge is 0.465 e. The van der Waals surface area contributed by atoms with Crippen LogP contribution in [0.15, 0.2) is 18.7 Å². The summed E-state index contributed by atoms with van der Waals surface area (Å²) in [5.74, 6) is 0. The van der Waals surface area contributed by atoms with Crippen LogP contribution in [0.1, 0.15) is 6.92 Å². The molecule has 1 saturated heterocycles. The van der Waals surface area contributed by atoms with Gasteiger partial charge in [0.25, 0.3) is 0 Å². The Hall–Kier alpha value is -1.61. The Morgan fingerprint density at radius 2 is 2.17 bits per heavy atom. The van der Waals surface area contributed by atoms with Gasteiger partial charge in [0, 0.05) is 38.1 Å². The summed E-state index contributed by atoms with van der Waals surface area (Å²) in [7, 11) is -3.63. The van der Waals surface area contributed by atoms with E-state index >= 15 is 0 Å². The van der Waals surface area contributed by atoms with Crippen molar-refractivity contribution in [3.05, 3.63) is 18.7 Å². The molecule has 1 aliphatic rings. The first-order valence-corrected chi connectivity index (χ1v) is 6.81. The number of piperazine rings is 1. The molecule has 1 aliphatic heterocycles. The fourth-order valence-electron chi connectivity index (χ4n) is 1.93. The molecule has 1 atom stereocenters. The fraction of sp³-hybridized carbons (Fsp3) is 0.556. The first-order valence-electron chi connectivity index (χ1n) is 5.41. The van der Waals surface area contributed by atoms with Gasteiger partial charge in [-0.3, -0.25) is 0 Å². The Morgan fingerprint density at radius 3 is 2.67 bits per heavy atom. The molecule has 0 aromatic carbocycles. The van der Waals surface area contributed by atoms with Gasteiger partial charge < -0.3 is 10.0 Å². The minimum absolute atomic E-state index is 0.146. The summed E-state index contributed by atoms with van der Waals surface area (Å²) >= 11 is 0. The summed E-state index contributed by atoms with van der Waals surface area (Å²) in [5.41, 5.74) is 0. The third kappa shape index (κ3) is 2.18. The Morgan fingerprint density at radius 1 is 1.44 bits per heavy atom. The number of carbonyl (C=O) groups is 1. The van der Waals surface area contributed by atoms with Crippen LogP contribution in [0.3, 0.4) is 0 Å². The smallest absolute Gasteiger partial charge is 0.407 e. The Bertz CT molecular complexity index is 527. The highest BCUT2D eigenvalue weighted by molar-refractivity contribution is 7.87. The van der Waals surface area contributed by atoms with Crippen LogP contribution in [-0.2, 0) is 10.2 Å². The first-order chi connectivity index (χ1) is 8.43. The molecule has 1 aromatic rings. The van der Waals surface area contributed by atoms with E-state index in [1.54, 1.807) is 6.92 Å². The minimum Gasteiger partial charge on any atom is -0.465 e. The highest BCUT2D eigenvalue weighted by atomic mass is 32.2. The van der Waals surface area contributed by atoms with Gasteiger partial charge in [0.15, 0.2) is 0 Å². The monoisotopic (exact) mass is 274 g/mol. The van der Waals surface area contributed by atoms with Crippen molar-refractivity contribution in [2.75, 3.05) is 19.6 Å². The number of hydrogen-bond donors (Lipinski definition) is 1. The van der Waals surface area contributed by atoms with Crippen LogP contribution in [0.2, 0.25) is 0 Å². The van der Waals surface area contributed by atoms with E-state index in [4.69, 9.17) is 5.11 Å². The lowest BCUT2D eigenvalue weighted by Crippen LogP contribution is -2.55. The number of carboxylic acid groups (broad SMARTS) is 1. The summed E-state index contributed by atoms with van der Waals surface area (Å²) in [6.07, 6.45) is 2.92. The zero-order valence-electron chi connectivity index (χ0n) is 9.80. The van der Waals surface area contributed by atoms with Crippen molar-refractivity contribution in [3.63, 3.8) is 0 Å². The van der Waals surface area contributed by atoms with E-state index in [1.807, 2.05) is 0 Å². The van der Waals surface area contributed by atoms with E-state index in [0.717, 1.165) is 3.97 Å². The first kappa shape index (κ1) is 12.8. The maximum Gasteiger partial charge on any atom is 0.407 e. The van der Waals surface area contributed by atoms with Gasteiger partial charge in [-0.2, -0.15) is 12.7 Å². The molecule has 100 valence electrons. The van der Waals surface area contributed by atoms with Crippen LogP contribution in [0.4, 0.5) is 4.79 Å². The van der Waals surface area contributed by atoms with Gasteiger partial charge in [-0.25, -0.2) is 13.8 Å². The fourth-order valence-corrected chi connectivity index (χ4v) is 3.30. The summed E-state index contributed by atoms with van der Waals surface area (Å²) in [6.45, 7) is 2.15. The minimum atomic E-state index is -3.63. The zero-order chi connectivity index (χ0) is 13.3. The number of nitrogens with zero attached hydrogens (tertiary/aromatic N) is 4. The van der Waals surface area contributed by atoms with Crippen LogP contribution in [0.5, 0.6) is 0 Å². The molecule has 18 heavy (non-hydrogen) atoms. The van der Waals surface area contributed by atoms with E-state index in [-0.39, 0.29) is 25.7 Å². The highest BCUT2D eigenvalue weighted by Crippen LogP contribution is 2.14. The van der Waals surface area contributed by atoms with E-state index in [1.165, 1.54) is 27.9 Å². The van der Waals surface area contributed by atoms with Gasteiger partial charge in [-0.15, -0.1) is 0 Å². The molecule has 1 unspecified atom stereocenters. The average Bonchev–Trinajstić information content (AvgIpc) is 2.82. The molecule has 1 fully saturated rings. The number of rotatable bonds is 2. The van der Waals surface area contributed by atoms with E-state index in [9.17, 15) is 13.2 Å². The molecule has 1 amide bonds. The van der Waals surface area contributed by atoms with Gasteiger partial charge in [0.2, 0.25) is 0 Å². The molecular formula is C9H14N4O4S. The second-order valence-corrected chi connectivity index (χ2v) is 5.92. The van der Waals surface area contributed by atoms with Crippen LogP contribution in [-0.4, -0.2) is 63.5 Å². The Labute approximate surface area is 105 Å². The number of hydrogen-bond acceptors (Lipinski definition) is 4. The molecule has 1 N–H and O–H groups in total. The molecule has 9 heteroatoms. The van der Waals surface area contributed by atoms with Crippen LogP contribution < -0.4 is 0 Å². The van der Waals surface area contributed by atoms with Crippen molar-refractivity contribution in [2.24, 2.45) is 0 Å². The van der Waals surface area contributed by atoms with Crippen LogP contribution in [0, 0.1) is 0 Å². The molecule has 1 aromatic heterocycles. The standard InChI is InChI=1S/C9H14N4O4S/c1-8-6-11(4-5-13(8)9(14)15)18(16,17)12-3-2-10-7-12/h2-3,7-8H,4-6H2,1H3,(H,14,15). The Kier molecular flexibility index (Phi) is 3.26. The van der Waals surface area contributed by atoms with Crippen molar-refractivity contribution < 1.29 is 18.3 Å². The van der Waals surface area contributed by atoms with Crippen molar-refractivity contribution in [1.29, 1.82) is 0 Å². The molecule has 0 aliphatic carbocycles. The van der Waals surface area contributed by atoms with Crippen molar-refractivity contribution in [3.8, 4) is 0 Å². The van der Waals surface area contributed by atoms with Gasteiger partial charge >= 0.3 is 16.3 Å². The third-order valence-corrected chi connectivity index (χ3v) is 4.64.